The molecule has 86 valence electrons. The fourth-order valence-corrected chi connectivity index (χ4v) is 3.83. The van der Waals surface area contributed by atoms with Gasteiger partial charge in [0.1, 0.15) is 0 Å². The lowest BCUT2D eigenvalue weighted by molar-refractivity contribution is -0.136. The standard InChI is InChI=1S/C10H16FNO2S/c1-14-8-4-10(15-5-8)6-12(7-10)9(13)2-3-11/h8H,2-7H2,1H3/t8-/m0/s1. The Bertz CT molecular complexity index is 256. The summed E-state index contributed by atoms with van der Waals surface area (Å²) in [6.45, 7) is 1.00. The fourth-order valence-electron chi connectivity index (χ4n) is 2.24. The first-order valence-electron chi connectivity index (χ1n) is 5.19. The van der Waals surface area contributed by atoms with Gasteiger partial charge in [-0.2, -0.15) is 0 Å². The predicted molar refractivity (Wildman–Crippen MR) is 57.8 cm³/mol. The third-order valence-electron chi connectivity index (χ3n) is 3.13. The second-order valence-corrected chi connectivity index (χ2v) is 5.73. The van der Waals surface area contributed by atoms with Crippen molar-refractivity contribution in [2.75, 3.05) is 32.6 Å². The number of carbonyl (C=O) groups is 1. The van der Waals surface area contributed by atoms with Gasteiger partial charge < -0.3 is 9.64 Å². The number of ether oxygens (including phenoxy) is 1. The lowest BCUT2D eigenvalue weighted by Crippen LogP contribution is -2.60. The summed E-state index contributed by atoms with van der Waals surface area (Å²) in [7, 11) is 1.73. The van der Waals surface area contributed by atoms with Crippen LogP contribution in [0.1, 0.15) is 12.8 Å². The SMILES string of the molecule is CO[C@@H]1CSC2(C1)CN(C(=O)CCF)C2. The van der Waals surface area contributed by atoms with Gasteiger partial charge in [-0.3, -0.25) is 9.18 Å². The molecule has 0 aromatic heterocycles. The molecule has 0 aromatic carbocycles. The van der Waals surface area contributed by atoms with Crippen LogP contribution in [0.3, 0.4) is 0 Å². The largest absolute Gasteiger partial charge is 0.381 e. The van der Waals surface area contributed by atoms with E-state index in [2.05, 4.69) is 0 Å². The second kappa shape index (κ2) is 4.29. The summed E-state index contributed by atoms with van der Waals surface area (Å²) in [5, 5.41) is 0. The highest BCUT2D eigenvalue weighted by Crippen LogP contribution is 2.45. The second-order valence-electron chi connectivity index (χ2n) is 4.24. The normalized spacial score (nSPS) is 28.1. The van der Waals surface area contributed by atoms with Crippen LogP contribution < -0.4 is 0 Å². The van der Waals surface area contributed by atoms with Crippen LogP contribution in [0.5, 0.6) is 0 Å². The Labute approximate surface area is 93.3 Å². The van der Waals surface area contributed by atoms with Gasteiger partial charge in [-0.25, -0.2) is 0 Å². The molecule has 1 amide bonds. The van der Waals surface area contributed by atoms with Crippen LogP contribution in [0.2, 0.25) is 0 Å². The average molecular weight is 233 g/mol. The van der Waals surface area contributed by atoms with Crippen LogP contribution in [-0.4, -0.2) is 54.3 Å². The summed E-state index contributed by atoms with van der Waals surface area (Å²) in [6, 6.07) is 0. The number of hydrogen-bond acceptors (Lipinski definition) is 3. The summed E-state index contributed by atoms with van der Waals surface area (Å²) in [4.78, 5) is 13.1. The Hall–Kier alpha value is -0.290. The molecule has 2 fully saturated rings. The third-order valence-corrected chi connectivity index (χ3v) is 4.70. The molecule has 0 radical (unpaired) electrons. The summed E-state index contributed by atoms with van der Waals surface area (Å²) < 4.78 is 17.5. The molecule has 2 aliphatic rings. The van der Waals surface area contributed by atoms with Gasteiger partial charge in [-0.15, -0.1) is 11.8 Å². The summed E-state index contributed by atoms with van der Waals surface area (Å²) in [5.41, 5.74) is 0. The molecule has 2 rings (SSSR count). The van der Waals surface area contributed by atoms with Crippen molar-refractivity contribution in [1.82, 2.24) is 4.90 Å². The highest BCUT2D eigenvalue weighted by Gasteiger charge is 2.50. The van der Waals surface area contributed by atoms with Gasteiger partial charge in [0.2, 0.25) is 5.91 Å². The van der Waals surface area contributed by atoms with Gasteiger partial charge in [0.05, 0.1) is 23.9 Å². The molecule has 5 heteroatoms. The minimum Gasteiger partial charge on any atom is -0.381 e. The molecule has 2 saturated heterocycles. The number of likely N-dealkylation sites (tertiary alicyclic amines) is 1. The van der Waals surface area contributed by atoms with Crippen molar-refractivity contribution in [1.29, 1.82) is 0 Å². The molecule has 1 spiro atoms. The first-order chi connectivity index (χ1) is 7.19. The molecule has 0 saturated carbocycles. The smallest absolute Gasteiger partial charge is 0.225 e. The fraction of sp³-hybridized carbons (Fsp3) is 0.900. The molecular formula is C10H16FNO2S. The van der Waals surface area contributed by atoms with Gasteiger partial charge in [0, 0.05) is 26.0 Å². The molecule has 0 unspecified atom stereocenters. The number of carbonyl (C=O) groups excluding carboxylic acids is 1. The van der Waals surface area contributed by atoms with Crippen molar-refractivity contribution in [2.24, 2.45) is 0 Å². The zero-order valence-electron chi connectivity index (χ0n) is 8.87. The Balaban J connectivity index is 1.80. The van der Waals surface area contributed by atoms with Crippen LogP contribution in [0.15, 0.2) is 0 Å². The lowest BCUT2D eigenvalue weighted by Gasteiger charge is -2.47. The highest BCUT2D eigenvalue weighted by atomic mass is 32.2. The van der Waals surface area contributed by atoms with Crippen LogP contribution in [-0.2, 0) is 9.53 Å². The average Bonchev–Trinajstić information content (AvgIpc) is 2.59. The summed E-state index contributed by atoms with van der Waals surface area (Å²) >= 11 is 1.89. The number of rotatable bonds is 3. The summed E-state index contributed by atoms with van der Waals surface area (Å²) in [6.07, 6.45) is 1.38. The summed E-state index contributed by atoms with van der Waals surface area (Å²) in [5.74, 6) is 0.964. The molecule has 0 aromatic rings. The van der Waals surface area contributed by atoms with E-state index in [1.807, 2.05) is 11.8 Å². The van der Waals surface area contributed by atoms with Crippen LogP contribution >= 0.6 is 11.8 Å². The van der Waals surface area contributed by atoms with E-state index in [1.165, 1.54) is 0 Å². The van der Waals surface area contributed by atoms with Crippen LogP contribution in [0, 0.1) is 0 Å². The molecular weight excluding hydrogens is 217 g/mol. The van der Waals surface area contributed by atoms with Gasteiger partial charge in [0.25, 0.3) is 0 Å². The monoisotopic (exact) mass is 233 g/mol. The number of methoxy groups -OCH3 is 1. The number of amides is 1. The van der Waals surface area contributed by atoms with Crippen molar-refractivity contribution in [3.05, 3.63) is 0 Å². The zero-order valence-corrected chi connectivity index (χ0v) is 9.69. The first-order valence-corrected chi connectivity index (χ1v) is 6.18. The van der Waals surface area contributed by atoms with E-state index in [4.69, 9.17) is 4.74 Å². The van der Waals surface area contributed by atoms with E-state index in [1.54, 1.807) is 12.0 Å². The maximum absolute atomic E-state index is 12.0. The topological polar surface area (TPSA) is 29.5 Å². The van der Waals surface area contributed by atoms with E-state index < -0.39 is 6.67 Å². The molecule has 0 N–H and O–H groups in total. The van der Waals surface area contributed by atoms with E-state index in [0.29, 0.717) is 6.10 Å². The first kappa shape index (κ1) is 11.2. The van der Waals surface area contributed by atoms with E-state index in [0.717, 1.165) is 25.3 Å². The van der Waals surface area contributed by atoms with Crippen molar-refractivity contribution < 1.29 is 13.9 Å². The van der Waals surface area contributed by atoms with Crippen molar-refractivity contribution in [3.63, 3.8) is 0 Å². The number of hydrogen-bond donors (Lipinski definition) is 0. The van der Waals surface area contributed by atoms with E-state index >= 15 is 0 Å². The molecule has 3 nitrogen and oxygen atoms in total. The van der Waals surface area contributed by atoms with Crippen molar-refractivity contribution >= 4 is 17.7 Å². The Kier molecular flexibility index (Phi) is 3.21. The quantitative estimate of drug-likeness (QED) is 0.730. The number of thioether (sulfide) groups is 1. The molecule has 2 aliphatic heterocycles. The molecule has 1 atom stereocenters. The Morgan fingerprint density at radius 2 is 2.40 bits per heavy atom. The number of halogens is 1. The molecule has 2 heterocycles. The highest BCUT2D eigenvalue weighted by molar-refractivity contribution is 8.01. The van der Waals surface area contributed by atoms with Gasteiger partial charge in [-0.1, -0.05) is 0 Å². The number of nitrogens with zero attached hydrogens (tertiary/aromatic N) is 1. The lowest BCUT2D eigenvalue weighted by atomic mass is 9.92. The van der Waals surface area contributed by atoms with E-state index in [-0.39, 0.29) is 17.1 Å². The van der Waals surface area contributed by atoms with Crippen LogP contribution in [0.4, 0.5) is 4.39 Å². The van der Waals surface area contributed by atoms with Crippen LogP contribution in [0.25, 0.3) is 0 Å². The maximum atomic E-state index is 12.0. The third kappa shape index (κ3) is 2.13. The zero-order chi connectivity index (χ0) is 10.9. The van der Waals surface area contributed by atoms with Crippen molar-refractivity contribution in [2.45, 2.75) is 23.7 Å². The van der Waals surface area contributed by atoms with Gasteiger partial charge >= 0.3 is 0 Å². The molecule has 0 bridgehead atoms. The Morgan fingerprint density at radius 3 is 2.93 bits per heavy atom. The van der Waals surface area contributed by atoms with E-state index in [9.17, 15) is 9.18 Å². The number of alkyl halides is 1. The van der Waals surface area contributed by atoms with Gasteiger partial charge in [-0.05, 0) is 6.42 Å². The Morgan fingerprint density at radius 1 is 1.67 bits per heavy atom. The minimum absolute atomic E-state index is 0.0362. The molecule has 15 heavy (non-hydrogen) atoms. The maximum Gasteiger partial charge on any atom is 0.225 e. The van der Waals surface area contributed by atoms with Crippen molar-refractivity contribution in [3.8, 4) is 0 Å². The molecule has 0 aliphatic carbocycles. The minimum atomic E-state index is -0.545. The van der Waals surface area contributed by atoms with Gasteiger partial charge in [0.15, 0.2) is 0 Å². The predicted octanol–water partition coefficient (Wildman–Crippen LogP) is 1.08.